The number of Topliss-reactive ketones (excluding diaryl/α,β-unsaturated/α-hetero) is 1. The van der Waals surface area contributed by atoms with E-state index in [-0.39, 0.29) is 11.3 Å². The molecule has 0 spiro atoms. The number of amides is 1. The van der Waals surface area contributed by atoms with Gasteiger partial charge in [-0.15, -0.1) is 0 Å². The Bertz CT molecular complexity index is 1010. The highest BCUT2D eigenvalue weighted by Gasteiger charge is 2.46. The van der Waals surface area contributed by atoms with Crippen molar-refractivity contribution >= 4 is 17.4 Å². The second kappa shape index (κ2) is 9.66. The molecule has 1 heterocycles. The van der Waals surface area contributed by atoms with Crippen LogP contribution in [0.15, 0.2) is 48.0 Å². The van der Waals surface area contributed by atoms with Gasteiger partial charge >= 0.3 is 0 Å². The van der Waals surface area contributed by atoms with Gasteiger partial charge in [0.05, 0.1) is 25.8 Å². The minimum Gasteiger partial charge on any atom is -0.507 e. The summed E-state index contributed by atoms with van der Waals surface area (Å²) in [5, 5.41) is 11.2. The number of nitrogens with zero attached hydrogens (tertiary/aromatic N) is 1. The highest BCUT2D eigenvalue weighted by molar-refractivity contribution is 6.46. The molecule has 1 aliphatic rings. The second-order valence-corrected chi connectivity index (χ2v) is 7.26. The third-order valence-electron chi connectivity index (χ3n) is 5.41. The summed E-state index contributed by atoms with van der Waals surface area (Å²) < 4.78 is 15.8. The summed E-state index contributed by atoms with van der Waals surface area (Å²) in [5.41, 5.74) is 1.87. The molecule has 0 unspecified atom stereocenters. The third kappa shape index (κ3) is 4.27. The number of para-hydroxylation sites is 1. The maximum atomic E-state index is 13.1. The Morgan fingerprint density at radius 1 is 1.06 bits per heavy atom. The Morgan fingerprint density at radius 3 is 2.45 bits per heavy atom. The molecule has 0 bridgehead atoms. The fourth-order valence-corrected chi connectivity index (χ4v) is 3.88. The van der Waals surface area contributed by atoms with Gasteiger partial charge in [0.15, 0.2) is 0 Å². The SMILES string of the molecule is COCCCN1C(=O)C(=O)/C(=C(/O)c2ccc(OC)cc2C)[C@H]1c1ccccc1OC. The number of carbonyl (C=O) groups excluding carboxylic acids is 2. The van der Waals surface area contributed by atoms with Crippen molar-refractivity contribution in [2.75, 3.05) is 34.5 Å². The van der Waals surface area contributed by atoms with Crippen molar-refractivity contribution in [3.63, 3.8) is 0 Å². The lowest BCUT2D eigenvalue weighted by atomic mass is 9.93. The van der Waals surface area contributed by atoms with Crippen molar-refractivity contribution in [1.29, 1.82) is 0 Å². The van der Waals surface area contributed by atoms with Gasteiger partial charge in [-0.1, -0.05) is 18.2 Å². The molecule has 164 valence electrons. The largest absolute Gasteiger partial charge is 0.507 e. The number of aryl methyl sites for hydroxylation is 1. The minimum atomic E-state index is -0.769. The maximum absolute atomic E-state index is 13.1. The van der Waals surface area contributed by atoms with Crippen molar-refractivity contribution in [2.24, 2.45) is 0 Å². The molecule has 1 aliphatic heterocycles. The average molecular weight is 425 g/mol. The number of carbonyl (C=O) groups is 2. The van der Waals surface area contributed by atoms with Crippen LogP contribution >= 0.6 is 0 Å². The smallest absolute Gasteiger partial charge is 0.295 e. The van der Waals surface area contributed by atoms with Crippen molar-refractivity contribution in [1.82, 2.24) is 4.90 Å². The molecule has 31 heavy (non-hydrogen) atoms. The molecule has 2 aromatic rings. The number of aliphatic hydroxyl groups excluding tert-OH is 1. The van der Waals surface area contributed by atoms with Crippen LogP contribution in [-0.4, -0.2) is 56.2 Å². The Kier molecular flexibility index (Phi) is 6.97. The van der Waals surface area contributed by atoms with Crippen molar-refractivity contribution in [2.45, 2.75) is 19.4 Å². The fourth-order valence-electron chi connectivity index (χ4n) is 3.88. The van der Waals surface area contributed by atoms with Gasteiger partial charge < -0.3 is 24.2 Å². The summed E-state index contributed by atoms with van der Waals surface area (Å²) >= 11 is 0. The van der Waals surface area contributed by atoms with Gasteiger partial charge in [0.2, 0.25) is 0 Å². The Hall–Kier alpha value is -3.32. The minimum absolute atomic E-state index is 0.0418. The lowest BCUT2D eigenvalue weighted by Crippen LogP contribution is -2.31. The average Bonchev–Trinajstić information content (AvgIpc) is 3.03. The zero-order valence-electron chi connectivity index (χ0n) is 18.2. The number of ether oxygens (including phenoxy) is 3. The number of aliphatic hydroxyl groups is 1. The van der Waals surface area contributed by atoms with Crippen molar-refractivity contribution in [3.05, 3.63) is 64.7 Å². The molecule has 3 rings (SSSR count). The zero-order chi connectivity index (χ0) is 22.5. The molecule has 0 aliphatic carbocycles. The van der Waals surface area contributed by atoms with Gasteiger partial charge in [-0.25, -0.2) is 0 Å². The van der Waals surface area contributed by atoms with E-state index in [4.69, 9.17) is 14.2 Å². The number of likely N-dealkylation sites (tertiary alicyclic amines) is 1. The predicted octanol–water partition coefficient (Wildman–Crippen LogP) is 3.47. The van der Waals surface area contributed by atoms with E-state index in [1.165, 1.54) is 12.0 Å². The van der Waals surface area contributed by atoms with E-state index in [1.807, 2.05) is 19.1 Å². The molecule has 0 aromatic heterocycles. The molecule has 0 saturated carbocycles. The van der Waals surface area contributed by atoms with Crippen molar-refractivity contribution < 1.29 is 28.9 Å². The van der Waals surface area contributed by atoms with Crippen LogP contribution < -0.4 is 9.47 Å². The molecular formula is C24H27NO6. The molecule has 1 saturated heterocycles. The summed E-state index contributed by atoms with van der Waals surface area (Å²) in [6, 6.07) is 11.6. The van der Waals surface area contributed by atoms with Gasteiger partial charge in [0.1, 0.15) is 17.3 Å². The molecule has 0 radical (unpaired) electrons. The molecular weight excluding hydrogens is 398 g/mol. The van der Waals surface area contributed by atoms with Crippen LogP contribution in [0.4, 0.5) is 0 Å². The lowest BCUT2D eigenvalue weighted by molar-refractivity contribution is -0.140. The molecule has 1 atom stereocenters. The molecule has 1 fully saturated rings. The highest BCUT2D eigenvalue weighted by Crippen LogP contribution is 2.43. The predicted molar refractivity (Wildman–Crippen MR) is 116 cm³/mol. The summed E-state index contributed by atoms with van der Waals surface area (Å²) in [7, 11) is 4.67. The summed E-state index contributed by atoms with van der Waals surface area (Å²) in [6.45, 7) is 2.56. The van der Waals surface area contributed by atoms with Crippen LogP contribution in [0, 0.1) is 6.92 Å². The summed E-state index contributed by atoms with van der Waals surface area (Å²) in [4.78, 5) is 27.5. The van der Waals surface area contributed by atoms with Gasteiger partial charge in [0, 0.05) is 31.4 Å². The fraction of sp³-hybridized carbons (Fsp3) is 0.333. The Morgan fingerprint density at radius 2 is 1.81 bits per heavy atom. The molecule has 7 nitrogen and oxygen atoms in total. The topological polar surface area (TPSA) is 85.3 Å². The zero-order valence-corrected chi connectivity index (χ0v) is 18.2. The number of hydrogen-bond donors (Lipinski definition) is 1. The van der Waals surface area contributed by atoms with Gasteiger partial charge in [0.25, 0.3) is 11.7 Å². The van der Waals surface area contributed by atoms with E-state index in [1.54, 1.807) is 44.6 Å². The van der Waals surface area contributed by atoms with E-state index in [2.05, 4.69) is 0 Å². The van der Waals surface area contributed by atoms with Crippen molar-refractivity contribution in [3.8, 4) is 11.5 Å². The standard InChI is InChI=1S/C24H27NO6/c1-15-14-16(30-3)10-11-17(15)22(26)20-21(18-8-5-6-9-19(18)31-4)25(12-7-13-29-2)24(28)23(20)27/h5-6,8-11,14,21,26H,7,12-13H2,1-4H3/b22-20+/t21-/m1/s1. The summed E-state index contributed by atoms with van der Waals surface area (Å²) in [5.74, 6) is -0.428. The first-order valence-electron chi connectivity index (χ1n) is 9.99. The van der Waals surface area contributed by atoms with E-state index in [9.17, 15) is 14.7 Å². The van der Waals surface area contributed by atoms with E-state index >= 15 is 0 Å². The maximum Gasteiger partial charge on any atom is 0.295 e. The monoisotopic (exact) mass is 425 g/mol. The van der Waals surface area contributed by atoms with Crippen LogP contribution in [0.3, 0.4) is 0 Å². The quantitative estimate of drug-likeness (QED) is 0.302. The van der Waals surface area contributed by atoms with Gasteiger partial charge in [-0.05, 0) is 43.2 Å². The lowest BCUT2D eigenvalue weighted by Gasteiger charge is -2.26. The molecule has 1 N–H and O–H groups in total. The van der Waals surface area contributed by atoms with E-state index in [0.717, 1.165) is 5.56 Å². The van der Waals surface area contributed by atoms with E-state index in [0.29, 0.717) is 42.2 Å². The third-order valence-corrected chi connectivity index (χ3v) is 5.41. The second-order valence-electron chi connectivity index (χ2n) is 7.26. The van der Waals surface area contributed by atoms with Gasteiger partial charge in [-0.2, -0.15) is 0 Å². The number of methoxy groups -OCH3 is 3. The summed E-state index contributed by atoms with van der Waals surface area (Å²) in [6.07, 6.45) is 0.552. The van der Waals surface area contributed by atoms with Crippen LogP contribution in [0.2, 0.25) is 0 Å². The Labute approximate surface area is 181 Å². The molecule has 2 aromatic carbocycles. The Balaban J connectivity index is 2.19. The molecule has 1 amide bonds. The van der Waals surface area contributed by atoms with Crippen LogP contribution in [0.25, 0.3) is 5.76 Å². The van der Waals surface area contributed by atoms with Gasteiger partial charge in [-0.3, -0.25) is 9.59 Å². The first-order valence-corrected chi connectivity index (χ1v) is 9.99. The number of rotatable bonds is 8. The normalized spacial score (nSPS) is 17.8. The number of hydrogen-bond acceptors (Lipinski definition) is 6. The van der Waals surface area contributed by atoms with Crippen LogP contribution in [0.1, 0.15) is 29.2 Å². The first kappa shape index (κ1) is 22.4. The first-order chi connectivity index (χ1) is 14.9. The number of ketones is 1. The van der Waals surface area contributed by atoms with Crippen LogP contribution in [-0.2, 0) is 14.3 Å². The van der Waals surface area contributed by atoms with Crippen LogP contribution in [0.5, 0.6) is 11.5 Å². The van der Waals surface area contributed by atoms with E-state index < -0.39 is 17.7 Å². The molecule has 7 heteroatoms. The number of benzene rings is 2. The highest BCUT2D eigenvalue weighted by atomic mass is 16.5.